The predicted molar refractivity (Wildman–Crippen MR) is 205 cm³/mol. The molecular weight excluding hydrogens is 718 g/mol. The van der Waals surface area contributed by atoms with Crippen LogP contribution in [0.25, 0.3) is 0 Å². The molecule has 3 aliphatic heterocycles. The Hall–Kier alpha value is -3.65. The van der Waals surface area contributed by atoms with Crippen LogP contribution in [0.15, 0.2) is 47.0 Å². The van der Waals surface area contributed by atoms with Crippen LogP contribution in [0, 0.1) is 23.7 Å². The molecule has 0 saturated carbocycles. The highest BCUT2D eigenvalue weighted by atomic mass is 35.5. The molecule has 12 nitrogen and oxygen atoms in total. The van der Waals surface area contributed by atoms with Crippen LogP contribution in [-0.4, -0.2) is 77.7 Å². The molecule has 6 rings (SSSR count). The van der Waals surface area contributed by atoms with E-state index >= 15 is 0 Å². The Kier molecular flexibility index (Phi) is 12.4. The number of hydrogen-bond acceptors (Lipinski definition) is 9. The lowest BCUT2D eigenvalue weighted by Gasteiger charge is -2.36. The van der Waals surface area contributed by atoms with Crippen molar-refractivity contribution < 1.29 is 32.7 Å². The molecule has 53 heavy (non-hydrogen) atoms. The molecule has 288 valence electrons. The Morgan fingerprint density at radius 1 is 1.08 bits per heavy atom. The van der Waals surface area contributed by atoms with Gasteiger partial charge in [0.1, 0.15) is 21.2 Å². The molecule has 1 aromatic heterocycles. The van der Waals surface area contributed by atoms with E-state index in [1.807, 2.05) is 12.1 Å². The van der Waals surface area contributed by atoms with E-state index in [0.717, 1.165) is 36.9 Å². The zero-order valence-corrected chi connectivity index (χ0v) is 33.1. The van der Waals surface area contributed by atoms with Gasteiger partial charge >= 0.3 is 0 Å². The third-order valence-electron chi connectivity index (χ3n) is 11.1. The van der Waals surface area contributed by atoms with Gasteiger partial charge in [-0.25, -0.2) is 4.21 Å². The number of halogens is 1. The number of nitrogens with zero attached hydrogens (tertiary/aromatic N) is 4. The first-order valence-corrected chi connectivity index (χ1v) is 20.6. The fourth-order valence-corrected chi connectivity index (χ4v) is 9.61. The summed E-state index contributed by atoms with van der Waals surface area (Å²) in [5, 5.41) is 4.86. The average Bonchev–Trinajstić information content (AvgIpc) is 3.69. The summed E-state index contributed by atoms with van der Waals surface area (Å²) >= 11 is 6.49. The molecule has 0 aliphatic carbocycles. The summed E-state index contributed by atoms with van der Waals surface area (Å²) in [5.41, 5.74) is 3.39. The molecule has 1 fully saturated rings. The van der Waals surface area contributed by atoms with Gasteiger partial charge in [-0.15, -0.1) is 9.46 Å². The fraction of sp³-hybridized carbons (Fsp3) is 0.564. The quantitative estimate of drug-likeness (QED) is 0.316. The zero-order valence-electron chi connectivity index (χ0n) is 31.5. The molecule has 7 atom stereocenters. The second-order valence-corrected chi connectivity index (χ2v) is 17.3. The Labute approximate surface area is 318 Å². The van der Waals surface area contributed by atoms with Crippen LogP contribution in [-0.2, 0) is 39.4 Å². The maximum absolute atomic E-state index is 14.8. The molecule has 1 saturated heterocycles. The van der Waals surface area contributed by atoms with Gasteiger partial charge in [0.05, 0.1) is 37.4 Å². The minimum Gasteiger partial charge on any atom is -0.491 e. The number of methoxy groups -OCH3 is 2. The SMILES string of the molecule is COc1nn(C)cc1C(=O)NS1(=O)=NC(=O)c2ccc3c(c2)N(Cc2ccc(Cl)cc2CCCCO3)C[C@H](C)[C@@H](C)[C@@H](OC)C[C@H]2[C@@H](C)CO[C@@H]2CC1. The summed E-state index contributed by atoms with van der Waals surface area (Å²) in [5.74, 6) is -0.0952. The third-order valence-corrected chi connectivity index (χ3v) is 13.1. The van der Waals surface area contributed by atoms with Crippen molar-refractivity contribution in [3.05, 3.63) is 69.9 Å². The normalized spacial score (nSPS) is 28.4. The van der Waals surface area contributed by atoms with Crippen LogP contribution in [0.3, 0.4) is 0 Å². The number of aromatic nitrogens is 2. The zero-order chi connectivity index (χ0) is 37.9. The van der Waals surface area contributed by atoms with Crippen molar-refractivity contribution in [1.29, 1.82) is 0 Å². The van der Waals surface area contributed by atoms with E-state index in [-0.39, 0.29) is 58.6 Å². The summed E-state index contributed by atoms with van der Waals surface area (Å²) < 4.78 is 47.3. The van der Waals surface area contributed by atoms with Crippen LogP contribution in [0.4, 0.5) is 5.69 Å². The van der Waals surface area contributed by atoms with Crippen LogP contribution >= 0.6 is 11.6 Å². The highest BCUT2D eigenvalue weighted by Gasteiger charge is 2.39. The van der Waals surface area contributed by atoms with E-state index in [2.05, 4.69) is 45.9 Å². The average molecular weight is 770 g/mol. The number of carbonyl (C=O) groups excluding carboxylic acids is 2. The van der Waals surface area contributed by atoms with Gasteiger partial charge in [-0.05, 0) is 97.2 Å². The molecule has 4 heterocycles. The summed E-state index contributed by atoms with van der Waals surface area (Å²) in [6.45, 7) is 8.92. The van der Waals surface area contributed by atoms with Gasteiger partial charge in [-0.1, -0.05) is 38.4 Å². The lowest BCUT2D eigenvalue weighted by Crippen LogP contribution is -2.38. The first kappa shape index (κ1) is 39.1. The van der Waals surface area contributed by atoms with Crippen LogP contribution in [0.1, 0.15) is 78.3 Å². The van der Waals surface area contributed by atoms with Gasteiger partial charge in [0.15, 0.2) is 0 Å². The summed E-state index contributed by atoms with van der Waals surface area (Å²) in [7, 11) is 1.16. The van der Waals surface area contributed by atoms with E-state index in [4.69, 9.17) is 30.5 Å². The Morgan fingerprint density at radius 2 is 1.89 bits per heavy atom. The summed E-state index contributed by atoms with van der Waals surface area (Å²) in [4.78, 5) is 30.0. The molecule has 2 bridgehead atoms. The summed E-state index contributed by atoms with van der Waals surface area (Å²) in [6.07, 6.45) is 4.88. The highest BCUT2D eigenvalue weighted by molar-refractivity contribution is 7.92. The van der Waals surface area contributed by atoms with E-state index < -0.39 is 21.7 Å². The van der Waals surface area contributed by atoms with Gasteiger partial charge in [0, 0.05) is 50.6 Å². The van der Waals surface area contributed by atoms with Crippen LogP contribution in [0.5, 0.6) is 11.6 Å². The smallest absolute Gasteiger partial charge is 0.286 e. The number of benzene rings is 2. The molecule has 1 unspecified atom stereocenters. The van der Waals surface area contributed by atoms with Crippen molar-refractivity contribution in [3.8, 4) is 11.6 Å². The van der Waals surface area contributed by atoms with E-state index in [9.17, 15) is 13.8 Å². The number of amides is 2. The van der Waals surface area contributed by atoms with Gasteiger partial charge in [-0.3, -0.25) is 19.0 Å². The standard InChI is InChI=1S/C39H52ClN5O7S/c1-24-20-45-21-29-10-12-30(40)17-27(29)9-7-8-15-51-35-13-11-28(18-33(35)45)37(46)42-53(48,43-38(47)32-22-44(4)41-39(32)50-6)16-14-34-31(25(2)23-52-34)19-36(49-5)26(24)3/h10-13,17-18,22,24-26,31,34,36H,7-9,14-16,19-21,23H2,1-6H3,(H,42,43,46,47,48)/t24-,25-,26+,31-,34+,36-,53?/m0/s1. The third kappa shape index (κ3) is 9.01. The van der Waals surface area contributed by atoms with Crippen molar-refractivity contribution in [2.45, 2.75) is 71.6 Å². The predicted octanol–water partition coefficient (Wildman–Crippen LogP) is 6.49. The van der Waals surface area contributed by atoms with Gasteiger partial charge in [-0.2, -0.15) is 0 Å². The van der Waals surface area contributed by atoms with Crippen LogP contribution in [0.2, 0.25) is 5.02 Å². The number of aryl methyl sites for hydroxylation is 2. The Bertz CT molecular complexity index is 1930. The first-order valence-electron chi connectivity index (χ1n) is 18.5. The van der Waals surface area contributed by atoms with Gasteiger partial charge < -0.3 is 23.8 Å². The van der Waals surface area contributed by atoms with Crippen LogP contribution < -0.4 is 19.1 Å². The summed E-state index contributed by atoms with van der Waals surface area (Å²) in [6, 6.07) is 11.3. The van der Waals surface area contributed by atoms with Crippen molar-refractivity contribution in [2.24, 2.45) is 35.1 Å². The maximum atomic E-state index is 14.8. The number of nitrogens with one attached hydrogen (secondary N) is 1. The van der Waals surface area contributed by atoms with Crippen molar-refractivity contribution in [3.63, 3.8) is 0 Å². The maximum Gasteiger partial charge on any atom is 0.286 e. The van der Waals surface area contributed by atoms with Crippen molar-refractivity contribution in [2.75, 3.05) is 44.6 Å². The molecule has 2 amide bonds. The molecule has 0 spiro atoms. The molecule has 2 aromatic carbocycles. The number of rotatable bonds is 4. The first-order chi connectivity index (χ1) is 25.4. The minimum atomic E-state index is -3.67. The number of ether oxygens (including phenoxy) is 4. The monoisotopic (exact) mass is 769 g/mol. The van der Waals surface area contributed by atoms with E-state index in [0.29, 0.717) is 43.5 Å². The molecule has 1 N–H and O–H groups in total. The van der Waals surface area contributed by atoms with E-state index in [1.165, 1.54) is 23.6 Å². The second kappa shape index (κ2) is 16.8. The van der Waals surface area contributed by atoms with Crippen molar-refractivity contribution in [1.82, 2.24) is 14.5 Å². The number of carbonyl (C=O) groups is 2. The lowest BCUT2D eigenvalue weighted by atomic mass is 9.80. The minimum absolute atomic E-state index is 0.0694. The molecular formula is C39H52ClN5O7S. The van der Waals surface area contributed by atoms with Gasteiger partial charge in [0.25, 0.3) is 11.8 Å². The molecule has 3 aliphatic rings. The largest absolute Gasteiger partial charge is 0.491 e. The number of hydrogen-bond donors (Lipinski definition) is 1. The molecule has 14 heteroatoms. The number of anilines is 1. The second-order valence-electron chi connectivity index (χ2n) is 14.8. The topological polar surface area (TPSA) is 134 Å². The molecule has 3 aromatic rings. The fourth-order valence-electron chi connectivity index (χ4n) is 7.86. The highest BCUT2D eigenvalue weighted by Crippen LogP contribution is 2.38. The Balaban J connectivity index is 1.47. The van der Waals surface area contributed by atoms with Crippen molar-refractivity contribution >= 4 is 39.0 Å². The van der Waals surface area contributed by atoms with E-state index in [1.54, 1.807) is 32.4 Å². The number of fused-ring (bicyclic) bond motifs is 3. The lowest BCUT2D eigenvalue weighted by molar-refractivity contribution is 0.00430. The molecule has 0 radical (unpaired) electrons. The Morgan fingerprint density at radius 3 is 2.66 bits per heavy atom. The van der Waals surface area contributed by atoms with Gasteiger partial charge in [0.2, 0.25) is 5.88 Å².